The largest absolute Gasteiger partial charge is 0.480 e. The fourth-order valence-electron chi connectivity index (χ4n) is 1.14. The summed E-state index contributed by atoms with van der Waals surface area (Å²) in [7, 11) is 0.108. The van der Waals surface area contributed by atoms with Gasteiger partial charge in [0.15, 0.2) is 0 Å². The summed E-state index contributed by atoms with van der Waals surface area (Å²) in [5, 5.41) is 9.77. The summed E-state index contributed by atoms with van der Waals surface area (Å²) in [6.45, 7) is 1.53. The molecule has 0 heterocycles. The molecule has 88 valence electrons. The third-order valence-electron chi connectivity index (χ3n) is 2.02. The Hall–Kier alpha value is -0.670. The van der Waals surface area contributed by atoms with Crippen LogP contribution in [0.3, 0.4) is 0 Å². The molecule has 0 amide bonds. The van der Waals surface area contributed by atoms with Gasteiger partial charge < -0.3 is 5.11 Å². The van der Waals surface area contributed by atoms with E-state index in [1.165, 1.54) is 18.9 Å². The molecule has 2 atom stereocenters. The Morgan fingerprint density at radius 1 is 1.50 bits per heavy atom. The average Bonchev–Trinajstić information content (AvgIpc) is 2.30. The van der Waals surface area contributed by atoms with Gasteiger partial charge in [-0.15, -0.1) is 4.83 Å². The third kappa shape index (κ3) is 3.16. The van der Waals surface area contributed by atoms with Crippen molar-refractivity contribution >= 4 is 29.9 Å². The van der Waals surface area contributed by atoms with Crippen LogP contribution in [0.1, 0.15) is 6.92 Å². The van der Waals surface area contributed by atoms with Gasteiger partial charge in [0.25, 0.3) is 0 Å². The number of aliphatic carboxylic acids is 1. The lowest BCUT2D eigenvalue weighted by Gasteiger charge is -2.27. The molecular weight excluding hydrogens is 249 g/mol. The van der Waals surface area contributed by atoms with Crippen LogP contribution in [-0.2, 0) is 9.63 Å². The van der Waals surface area contributed by atoms with E-state index in [0.29, 0.717) is 0 Å². The standard InChI is InChI=1S/C10H13ClNO3P/c1-8(10(13)14)12(15-2)16(11)9-6-4-3-5-7-9/h3-8H,1-2H3,(H,13,14)/t8-,16?/m0/s1. The predicted molar refractivity (Wildman–Crippen MR) is 64.8 cm³/mol. The summed E-state index contributed by atoms with van der Waals surface area (Å²) >= 11 is 6.21. The van der Waals surface area contributed by atoms with Crippen LogP contribution in [-0.4, -0.2) is 29.1 Å². The van der Waals surface area contributed by atoms with Gasteiger partial charge in [-0.05, 0) is 6.92 Å². The lowest BCUT2D eigenvalue weighted by Crippen LogP contribution is -2.35. The second kappa shape index (κ2) is 6.16. The van der Waals surface area contributed by atoms with Gasteiger partial charge in [0.2, 0.25) is 0 Å². The zero-order valence-electron chi connectivity index (χ0n) is 9.00. The summed E-state index contributed by atoms with van der Waals surface area (Å²) in [6, 6.07) is 8.49. The van der Waals surface area contributed by atoms with Crippen LogP contribution >= 0.6 is 18.7 Å². The number of hydrogen-bond acceptors (Lipinski definition) is 3. The maximum Gasteiger partial charge on any atom is 0.323 e. The molecule has 0 aliphatic rings. The highest BCUT2D eigenvalue weighted by Crippen LogP contribution is 2.45. The second-order valence-corrected chi connectivity index (χ2v) is 5.49. The Labute approximate surface area is 100 Å². The molecule has 0 fully saturated rings. The van der Waals surface area contributed by atoms with Crippen LogP contribution in [0.5, 0.6) is 0 Å². The number of hydroxylamine groups is 1. The molecule has 0 saturated heterocycles. The van der Waals surface area contributed by atoms with Gasteiger partial charge in [0.05, 0.1) is 7.11 Å². The molecule has 1 N–H and O–H groups in total. The molecule has 0 bridgehead atoms. The Morgan fingerprint density at radius 3 is 2.50 bits per heavy atom. The Kier molecular flexibility index (Phi) is 5.16. The molecule has 0 aliphatic heterocycles. The molecule has 1 aromatic carbocycles. The molecule has 1 unspecified atom stereocenters. The first-order valence-electron chi connectivity index (χ1n) is 4.65. The maximum atomic E-state index is 10.9. The Bertz CT molecular complexity index is 349. The first kappa shape index (κ1) is 13.4. The van der Waals surface area contributed by atoms with Crippen molar-refractivity contribution < 1.29 is 14.7 Å². The molecule has 0 saturated carbocycles. The smallest absolute Gasteiger partial charge is 0.323 e. The monoisotopic (exact) mass is 261 g/mol. The van der Waals surface area contributed by atoms with E-state index in [9.17, 15) is 4.79 Å². The molecule has 0 aromatic heterocycles. The maximum absolute atomic E-state index is 10.9. The van der Waals surface area contributed by atoms with Gasteiger partial charge in [0, 0.05) is 5.30 Å². The molecule has 0 aliphatic carbocycles. The van der Waals surface area contributed by atoms with E-state index in [1.807, 2.05) is 30.3 Å². The molecule has 0 radical (unpaired) electrons. The van der Waals surface area contributed by atoms with Crippen LogP contribution in [0.2, 0.25) is 0 Å². The molecule has 1 rings (SSSR count). The highest BCUT2D eigenvalue weighted by molar-refractivity contribution is 7.88. The molecule has 16 heavy (non-hydrogen) atoms. The van der Waals surface area contributed by atoms with Crippen molar-refractivity contribution in [1.82, 2.24) is 4.83 Å². The van der Waals surface area contributed by atoms with Gasteiger partial charge in [-0.3, -0.25) is 9.63 Å². The first-order chi connectivity index (χ1) is 7.57. The molecule has 1 aromatic rings. The molecule has 0 spiro atoms. The summed E-state index contributed by atoms with van der Waals surface area (Å²) < 4.78 is 0. The number of carboxylic acid groups (broad SMARTS) is 1. The molecule has 6 heteroatoms. The first-order valence-corrected chi connectivity index (χ1v) is 6.85. The van der Waals surface area contributed by atoms with E-state index in [4.69, 9.17) is 21.2 Å². The zero-order valence-corrected chi connectivity index (χ0v) is 10.7. The van der Waals surface area contributed by atoms with Gasteiger partial charge in [-0.25, -0.2) is 0 Å². The summed E-state index contributed by atoms with van der Waals surface area (Å²) in [6.07, 6.45) is 0. The Balaban J connectivity index is 2.85. The van der Waals surface area contributed by atoms with Crippen LogP contribution in [0, 0.1) is 0 Å². The lowest BCUT2D eigenvalue weighted by molar-refractivity contribution is -0.153. The number of carboxylic acids is 1. The number of halogens is 1. The van der Waals surface area contributed by atoms with Crippen LogP contribution in [0.15, 0.2) is 30.3 Å². The van der Waals surface area contributed by atoms with Crippen molar-refractivity contribution in [1.29, 1.82) is 0 Å². The van der Waals surface area contributed by atoms with Crippen LogP contribution in [0.25, 0.3) is 0 Å². The van der Waals surface area contributed by atoms with Crippen molar-refractivity contribution in [3.63, 3.8) is 0 Å². The SMILES string of the molecule is CON([C@@H](C)C(=O)O)P(Cl)c1ccccc1. The number of carbonyl (C=O) groups is 1. The summed E-state index contributed by atoms with van der Waals surface area (Å²) in [5.74, 6) is -0.967. The third-order valence-corrected chi connectivity index (χ3v) is 4.63. The van der Waals surface area contributed by atoms with E-state index in [-0.39, 0.29) is 0 Å². The van der Waals surface area contributed by atoms with E-state index in [1.54, 1.807) is 0 Å². The van der Waals surface area contributed by atoms with Crippen LogP contribution in [0.4, 0.5) is 0 Å². The molecule has 4 nitrogen and oxygen atoms in total. The number of hydrogen-bond donors (Lipinski definition) is 1. The predicted octanol–water partition coefficient (Wildman–Crippen LogP) is 2.20. The minimum Gasteiger partial charge on any atom is -0.480 e. The highest BCUT2D eigenvalue weighted by atomic mass is 35.7. The topological polar surface area (TPSA) is 49.8 Å². The Morgan fingerprint density at radius 2 is 2.06 bits per heavy atom. The van der Waals surface area contributed by atoms with Crippen molar-refractivity contribution in [3.8, 4) is 0 Å². The van der Waals surface area contributed by atoms with Crippen molar-refractivity contribution in [2.75, 3.05) is 7.11 Å². The fourth-order valence-corrected chi connectivity index (χ4v) is 3.25. The van der Waals surface area contributed by atoms with Gasteiger partial charge >= 0.3 is 5.97 Å². The minimum atomic E-state index is -1.31. The van der Waals surface area contributed by atoms with Crippen molar-refractivity contribution in [2.24, 2.45) is 0 Å². The average molecular weight is 262 g/mol. The quantitative estimate of drug-likeness (QED) is 0.652. The fraction of sp³-hybridized carbons (Fsp3) is 0.300. The second-order valence-electron chi connectivity index (χ2n) is 3.09. The summed E-state index contributed by atoms with van der Waals surface area (Å²) in [4.78, 5) is 17.2. The lowest BCUT2D eigenvalue weighted by atomic mass is 10.4. The van der Waals surface area contributed by atoms with E-state index in [0.717, 1.165) is 5.30 Å². The van der Waals surface area contributed by atoms with E-state index in [2.05, 4.69) is 0 Å². The summed E-state index contributed by atoms with van der Waals surface area (Å²) in [5.41, 5.74) is 0. The number of rotatable bonds is 5. The number of nitrogens with zero attached hydrogens (tertiary/aromatic N) is 1. The van der Waals surface area contributed by atoms with Gasteiger partial charge in [0.1, 0.15) is 13.5 Å². The van der Waals surface area contributed by atoms with Crippen molar-refractivity contribution in [3.05, 3.63) is 30.3 Å². The minimum absolute atomic E-state index is 0.784. The van der Waals surface area contributed by atoms with E-state index < -0.39 is 19.4 Å². The molecular formula is C10H13ClNO3P. The van der Waals surface area contributed by atoms with Gasteiger partial charge in [-0.2, -0.15) is 0 Å². The number of benzene rings is 1. The normalized spacial score (nSPS) is 14.8. The van der Waals surface area contributed by atoms with Crippen LogP contribution < -0.4 is 5.30 Å². The van der Waals surface area contributed by atoms with Crippen molar-refractivity contribution in [2.45, 2.75) is 13.0 Å². The van der Waals surface area contributed by atoms with Gasteiger partial charge in [-0.1, -0.05) is 41.6 Å². The van der Waals surface area contributed by atoms with E-state index >= 15 is 0 Å². The zero-order chi connectivity index (χ0) is 12.1. The highest BCUT2D eigenvalue weighted by Gasteiger charge is 2.28.